The summed E-state index contributed by atoms with van der Waals surface area (Å²) in [5.74, 6) is 2.65. The highest BCUT2D eigenvalue weighted by atomic mass is 16.5. The minimum absolute atomic E-state index is 0.00697. The molecule has 154 valence electrons. The summed E-state index contributed by atoms with van der Waals surface area (Å²) >= 11 is 0. The fraction of sp³-hybridized carbons (Fsp3) is 0.714. The van der Waals surface area contributed by atoms with E-state index >= 15 is 0 Å². The lowest BCUT2D eigenvalue weighted by Crippen LogP contribution is -2.59. The minimum Gasteiger partial charge on any atom is -0.375 e. The molecule has 1 aromatic rings. The smallest absolute Gasteiger partial charge is 0.246 e. The number of nitrogens with zero attached hydrogens (tertiary/aromatic N) is 4. The number of aromatic nitrogens is 1. The number of hydrogen-bond acceptors (Lipinski definition) is 6. The van der Waals surface area contributed by atoms with Gasteiger partial charge in [-0.25, -0.2) is 4.98 Å². The molecule has 4 fully saturated rings. The molecular weight excluding hydrogens is 354 g/mol. The predicted molar refractivity (Wildman–Crippen MR) is 109 cm³/mol. The normalized spacial score (nSPS) is 30.4. The molecule has 4 aliphatic rings. The molecule has 4 atom stereocenters. The van der Waals surface area contributed by atoms with Gasteiger partial charge in [0.15, 0.2) is 0 Å². The molecule has 4 saturated heterocycles. The first kappa shape index (κ1) is 19.6. The summed E-state index contributed by atoms with van der Waals surface area (Å²) in [6, 6.07) is 6.64. The van der Waals surface area contributed by atoms with Crippen LogP contribution in [0.1, 0.15) is 12.8 Å². The molecule has 1 aromatic heterocycles. The zero-order valence-electron chi connectivity index (χ0n) is 16.9. The molecule has 0 aromatic carbocycles. The van der Waals surface area contributed by atoms with Gasteiger partial charge in [-0.1, -0.05) is 6.07 Å². The van der Waals surface area contributed by atoms with Crippen LogP contribution in [0.15, 0.2) is 24.4 Å². The van der Waals surface area contributed by atoms with Crippen molar-refractivity contribution in [3.05, 3.63) is 24.4 Å². The lowest BCUT2D eigenvalue weighted by atomic mass is 9.75. The first-order chi connectivity index (χ1) is 13.7. The zero-order valence-corrected chi connectivity index (χ0v) is 16.9. The number of ether oxygens (including phenoxy) is 1. The van der Waals surface area contributed by atoms with Crippen molar-refractivity contribution in [3.63, 3.8) is 0 Å². The number of carbonyl (C=O) groups is 1. The molecule has 0 aliphatic carbocycles. The van der Waals surface area contributed by atoms with Crippen LogP contribution in [0.3, 0.4) is 0 Å². The zero-order chi connectivity index (χ0) is 19.3. The molecule has 1 amide bonds. The standard InChI is InChI=1S/C21H33N5O2/c1-28-16-21(27)23-13-19-12-17-5-7-26(19)15-18(17)14-24-8-10-25(11-9-24)20-4-2-3-6-22-20/h2-4,6,17-19H,5,7-16H2,1H3,(H,23,27)/t17-,18-,19+/m0/s1. The van der Waals surface area contributed by atoms with Crippen molar-refractivity contribution in [3.8, 4) is 0 Å². The Morgan fingerprint density at radius 3 is 2.79 bits per heavy atom. The highest BCUT2D eigenvalue weighted by Crippen LogP contribution is 2.36. The van der Waals surface area contributed by atoms with E-state index in [1.54, 1.807) is 7.11 Å². The van der Waals surface area contributed by atoms with E-state index in [-0.39, 0.29) is 12.5 Å². The number of rotatable bonds is 7. The van der Waals surface area contributed by atoms with Crippen molar-refractivity contribution in [1.82, 2.24) is 20.1 Å². The number of methoxy groups -OCH3 is 1. The van der Waals surface area contributed by atoms with Gasteiger partial charge in [-0.3, -0.25) is 14.6 Å². The summed E-state index contributed by atoms with van der Waals surface area (Å²) in [4.78, 5) is 23.8. The van der Waals surface area contributed by atoms with Gasteiger partial charge in [0.25, 0.3) is 0 Å². The third-order valence-electron chi connectivity index (χ3n) is 6.66. The number of hydrogen-bond donors (Lipinski definition) is 1. The maximum atomic E-state index is 11.7. The van der Waals surface area contributed by atoms with E-state index in [4.69, 9.17) is 4.74 Å². The number of nitrogens with one attached hydrogen (secondary N) is 1. The van der Waals surface area contributed by atoms with Gasteiger partial charge in [-0.05, 0) is 43.4 Å². The largest absolute Gasteiger partial charge is 0.375 e. The van der Waals surface area contributed by atoms with E-state index < -0.39 is 0 Å². The topological polar surface area (TPSA) is 60.9 Å². The van der Waals surface area contributed by atoms with Crippen LogP contribution in [-0.4, -0.2) is 92.8 Å². The van der Waals surface area contributed by atoms with Gasteiger partial charge in [-0.15, -0.1) is 0 Å². The number of fused-ring (bicyclic) bond motifs is 3. The van der Waals surface area contributed by atoms with E-state index in [1.165, 1.54) is 32.5 Å². The molecule has 7 nitrogen and oxygen atoms in total. The van der Waals surface area contributed by atoms with Crippen LogP contribution in [0.5, 0.6) is 0 Å². The van der Waals surface area contributed by atoms with Crippen molar-refractivity contribution >= 4 is 11.7 Å². The maximum Gasteiger partial charge on any atom is 0.246 e. The van der Waals surface area contributed by atoms with Gasteiger partial charge in [0.1, 0.15) is 12.4 Å². The maximum absolute atomic E-state index is 11.7. The van der Waals surface area contributed by atoms with Crippen molar-refractivity contribution in [2.45, 2.75) is 18.9 Å². The van der Waals surface area contributed by atoms with Crippen molar-refractivity contribution in [1.29, 1.82) is 0 Å². The molecule has 5 rings (SSSR count). The summed E-state index contributed by atoms with van der Waals surface area (Å²) in [7, 11) is 1.56. The Kier molecular flexibility index (Phi) is 6.44. The number of piperazine rings is 1. The van der Waals surface area contributed by atoms with E-state index in [0.29, 0.717) is 6.04 Å². The molecule has 28 heavy (non-hydrogen) atoms. The summed E-state index contributed by atoms with van der Waals surface area (Å²) in [5.41, 5.74) is 0. The average molecular weight is 388 g/mol. The molecule has 4 aliphatic heterocycles. The monoisotopic (exact) mass is 387 g/mol. The van der Waals surface area contributed by atoms with Crippen LogP contribution in [-0.2, 0) is 9.53 Å². The Hall–Kier alpha value is -1.70. The Balaban J connectivity index is 1.22. The second kappa shape index (κ2) is 9.20. The quantitative estimate of drug-likeness (QED) is 0.742. The Morgan fingerprint density at radius 2 is 2.11 bits per heavy atom. The summed E-state index contributed by atoms with van der Waals surface area (Å²) in [6.45, 7) is 8.85. The van der Waals surface area contributed by atoms with Crippen LogP contribution in [0.25, 0.3) is 0 Å². The minimum atomic E-state index is -0.00697. The van der Waals surface area contributed by atoms with Crippen LogP contribution >= 0.6 is 0 Å². The highest BCUT2D eigenvalue weighted by molar-refractivity contribution is 5.77. The Labute approximate surface area is 168 Å². The van der Waals surface area contributed by atoms with E-state index in [1.807, 2.05) is 12.3 Å². The van der Waals surface area contributed by atoms with Crippen LogP contribution in [0.2, 0.25) is 0 Å². The molecule has 7 heteroatoms. The SMILES string of the molecule is COCC(=O)NC[C@H]1C[C@@H]2CCN1C[C@@H]2CN1CCN(c2ccccn2)CC1. The lowest BCUT2D eigenvalue weighted by Gasteiger charge is -2.51. The van der Waals surface area contributed by atoms with Gasteiger partial charge in [-0.2, -0.15) is 0 Å². The number of carbonyl (C=O) groups excluding carboxylic acids is 1. The van der Waals surface area contributed by atoms with Crippen LogP contribution < -0.4 is 10.2 Å². The number of piperidine rings is 3. The van der Waals surface area contributed by atoms with Crippen molar-refractivity contribution < 1.29 is 9.53 Å². The molecule has 1 unspecified atom stereocenters. The summed E-state index contributed by atoms with van der Waals surface area (Å²) < 4.78 is 4.90. The highest BCUT2D eigenvalue weighted by Gasteiger charge is 2.40. The van der Waals surface area contributed by atoms with Crippen LogP contribution in [0, 0.1) is 11.8 Å². The average Bonchev–Trinajstić information content (AvgIpc) is 2.74. The first-order valence-corrected chi connectivity index (χ1v) is 10.6. The summed E-state index contributed by atoms with van der Waals surface area (Å²) in [6.07, 6.45) is 4.40. The van der Waals surface area contributed by atoms with Gasteiger partial charge >= 0.3 is 0 Å². The van der Waals surface area contributed by atoms with Gasteiger partial charge in [0.2, 0.25) is 5.91 Å². The molecule has 0 spiro atoms. The molecule has 0 saturated carbocycles. The number of pyridine rings is 1. The van der Waals surface area contributed by atoms with Crippen molar-refractivity contribution in [2.75, 3.05) is 71.0 Å². The predicted octanol–water partition coefficient (Wildman–Crippen LogP) is 0.677. The molecule has 0 radical (unpaired) electrons. The Morgan fingerprint density at radius 1 is 1.25 bits per heavy atom. The fourth-order valence-corrected chi connectivity index (χ4v) is 5.11. The first-order valence-electron chi connectivity index (χ1n) is 10.6. The molecule has 5 heterocycles. The Bertz CT molecular complexity index is 635. The molecule has 1 N–H and O–H groups in total. The number of amides is 1. The van der Waals surface area contributed by atoms with E-state index in [0.717, 1.165) is 50.4 Å². The lowest BCUT2D eigenvalue weighted by molar-refractivity contribution is -0.125. The summed E-state index contributed by atoms with van der Waals surface area (Å²) in [5, 5.41) is 3.03. The van der Waals surface area contributed by atoms with E-state index in [9.17, 15) is 4.79 Å². The fourth-order valence-electron chi connectivity index (χ4n) is 5.11. The van der Waals surface area contributed by atoms with Gasteiger partial charge in [0.05, 0.1) is 0 Å². The van der Waals surface area contributed by atoms with Gasteiger partial charge in [0, 0.05) is 65.2 Å². The molecule has 2 bridgehead atoms. The molecular formula is C21H33N5O2. The van der Waals surface area contributed by atoms with E-state index in [2.05, 4.69) is 37.1 Å². The van der Waals surface area contributed by atoms with Crippen LogP contribution in [0.4, 0.5) is 5.82 Å². The second-order valence-corrected chi connectivity index (χ2v) is 8.41. The third kappa shape index (κ3) is 4.64. The van der Waals surface area contributed by atoms with Crippen molar-refractivity contribution in [2.24, 2.45) is 11.8 Å². The van der Waals surface area contributed by atoms with Gasteiger partial charge < -0.3 is 15.0 Å². The second-order valence-electron chi connectivity index (χ2n) is 8.41. The third-order valence-corrected chi connectivity index (χ3v) is 6.66. The number of anilines is 1.